The number of hydrogen-bond donors (Lipinski definition) is 1. The van der Waals surface area contributed by atoms with Crippen molar-refractivity contribution in [3.63, 3.8) is 0 Å². The molecule has 18 heavy (non-hydrogen) atoms. The number of likely N-dealkylation sites (tertiary alicyclic amines) is 1. The number of nitrogens with zero attached hydrogens (tertiary/aromatic N) is 1. The summed E-state index contributed by atoms with van der Waals surface area (Å²) in [6, 6.07) is 0. The molecular formula is C14H26N2O2. The lowest BCUT2D eigenvalue weighted by Gasteiger charge is -2.32. The van der Waals surface area contributed by atoms with Crippen molar-refractivity contribution in [1.29, 1.82) is 0 Å². The van der Waals surface area contributed by atoms with E-state index in [2.05, 4.69) is 5.32 Å². The zero-order chi connectivity index (χ0) is 14.1. The molecule has 0 saturated carbocycles. The molecule has 104 valence electrons. The van der Waals surface area contributed by atoms with Crippen LogP contribution in [0.25, 0.3) is 0 Å². The highest BCUT2D eigenvalue weighted by atomic mass is 16.2. The van der Waals surface area contributed by atoms with Crippen LogP contribution in [-0.2, 0) is 9.59 Å². The average Bonchev–Trinajstić information content (AvgIpc) is 2.59. The first-order valence-electron chi connectivity index (χ1n) is 6.69. The molecule has 1 saturated heterocycles. The van der Waals surface area contributed by atoms with Crippen LogP contribution in [-0.4, -0.2) is 34.3 Å². The molecule has 0 bridgehead atoms. The highest BCUT2D eigenvalue weighted by Gasteiger charge is 2.40. The highest BCUT2D eigenvalue weighted by molar-refractivity contribution is 5.89. The van der Waals surface area contributed by atoms with Crippen LogP contribution in [0.1, 0.15) is 54.4 Å². The van der Waals surface area contributed by atoms with Crippen molar-refractivity contribution in [2.45, 2.75) is 65.5 Å². The fourth-order valence-electron chi connectivity index (χ4n) is 2.06. The molecule has 0 aliphatic carbocycles. The summed E-state index contributed by atoms with van der Waals surface area (Å²) in [7, 11) is 0. The quantitative estimate of drug-likeness (QED) is 0.836. The summed E-state index contributed by atoms with van der Waals surface area (Å²) in [5, 5.41) is 3.02. The molecule has 0 aromatic carbocycles. The summed E-state index contributed by atoms with van der Waals surface area (Å²) in [4.78, 5) is 25.9. The normalized spacial score (nSPS) is 21.3. The molecule has 1 fully saturated rings. The van der Waals surface area contributed by atoms with E-state index in [1.807, 2.05) is 41.5 Å². The zero-order valence-electron chi connectivity index (χ0n) is 12.5. The molecule has 1 rings (SSSR count). The maximum absolute atomic E-state index is 12.1. The van der Waals surface area contributed by atoms with Gasteiger partial charge in [0.05, 0.1) is 5.92 Å². The summed E-state index contributed by atoms with van der Waals surface area (Å²) in [6.45, 7) is 12.6. The van der Waals surface area contributed by atoms with Gasteiger partial charge in [-0.1, -0.05) is 6.92 Å². The number of hydrogen-bond acceptors (Lipinski definition) is 2. The van der Waals surface area contributed by atoms with E-state index >= 15 is 0 Å². The minimum Gasteiger partial charge on any atom is -0.351 e. The van der Waals surface area contributed by atoms with Gasteiger partial charge in [-0.15, -0.1) is 0 Å². The van der Waals surface area contributed by atoms with Gasteiger partial charge in [0, 0.05) is 24.0 Å². The van der Waals surface area contributed by atoms with E-state index in [9.17, 15) is 9.59 Å². The lowest BCUT2D eigenvalue weighted by molar-refractivity contribution is -0.132. The summed E-state index contributed by atoms with van der Waals surface area (Å²) in [5.41, 5.74) is -0.401. The lowest BCUT2D eigenvalue weighted by atomic mass is 9.99. The zero-order valence-corrected chi connectivity index (χ0v) is 12.5. The number of rotatable bonds is 3. The fraction of sp³-hybridized carbons (Fsp3) is 0.857. The van der Waals surface area contributed by atoms with Crippen molar-refractivity contribution in [2.24, 2.45) is 5.92 Å². The number of amides is 2. The molecule has 0 spiro atoms. The first kappa shape index (κ1) is 15.0. The predicted molar refractivity (Wildman–Crippen MR) is 72.1 cm³/mol. The third kappa shape index (κ3) is 3.47. The van der Waals surface area contributed by atoms with Crippen molar-refractivity contribution in [1.82, 2.24) is 10.2 Å². The monoisotopic (exact) mass is 254 g/mol. The molecule has 2 amide bonds. The third-order valence-electron chi connectivity index (χ3n) is 3.65. The second-order valence-corrected chi connectivity index (χ2v) is 6.80. The van der Waals surface area contributed by atoms with Gasteiger partial charge in [-0.3, -0.25) is 9.59 Å². The number of carbonyl (C=O) groups is 2. The van der Waals surface area contributed by atoms with Crippen LogP contribution in [0.2, 0.25) is 0 Å². The van der Waals surface area contributed by atoms with Crippen molar-refractivity contribution >= 4 is 11.8 Å². The smallest absolute Gasteiger partial charge is 0.225 e. The molecule has 1 N–H and O–H groups in total. The van der Waals surface area contributed by atoms with Crippen LogP contribution in [0.4, 0.5) is 0 Å². The Bertz CT molecular complexity index is 342. The topological polar surface area (TPSA) is 49.4 Å². The summed E-state index contributed by atoms with van der Waals surface area (Å²) in [6.07, 6.45) is 1.21. The highest BCUT2D eigenvalue weighted by Crippen LogP contribution is 2.26. The molecule has 4 heteroatoms. The van der Waals surface area contributed by atoms with Crippen LogP contribution in [0.3, 0.4) is 0 Å². The Kier molecular flexibility index (Phi) is 4.08. The van der Waals surface area contributed by atoms with Gasteiger partial charge in [0.2, 0.25) is 11.8 Å². The van der Waals surface area contributed by atoms with Crippen LogP contribution in [0, 0.1) is 5.92 Å². The third-order valence-corrected chi connectivity index (χ3v) is 3.65. The van der Waals surface area contributed by atoms with Crippen molar-refractivity contribution in [3.8, 4) is 0 Å². The van der Waals surface area contributed by atoms with Gasteiger partial charge in [-0.25, -0.2) is 0 Å². The van der Waals surface area contributed by atoms with Crippen LogP contribution < -0.4 is 5.32 Å². The summed E-state index contributed by atoms with van der Waals surface area (Å²) < 4.78 is 0. The van der Waals surface area contributed by atoms with E-state index in [0.717, 1.165) is 6.42 Å². The Morgan fingerprint density at radius 3 is 2.28 bits per heavy atom. The Labute approximate surface area is 110 Å². The van der Waals surface area contributed by atoms with Gasteiger partial charge in [0.1, 0.15) is 0 Å². The molecule has 4 nitrogen and oxygen atoms in total. The first-order chi connectivity index (χ1) is 8.07. The van der Waals surface area contributed by atoms with Crippen LogP contribution in [0.5, 0.6) is 0 Å². The van der Waals surface area contributed by atoms with Crippen molar-refractivity contribution in [2.75, 3.05) is 6.54 Å². The van der Waals surface area contributed by atoms with E-state index < -0.39 is 0 Å². The predicted octanol–water partition coefficient (Wildman–Crippen LogP) is 1.94. The molecule has 0 radical (unpaired) electrons. The molecule has 1 atom stereocenters. The second kappa shape index (κ2) is 4.90. The molecule has 1 aliphatic rings. The van der Waals surface area contributed by atoms with Crippen molar-refractivity contribution < 1.29 is 9.59 Å². The van der Waals surface area contributed by atoms with Crippen LogP contribution in [0.15, 0.2) is 0 Å². The van der Waals surface area contributed by atoms with Gasteiger partial charge >= 0.3 is 0 Å². The van der Waals surface area contributed by atoms with Gasteiger partial charge in [0.25, 0.3) is 0 Å². The molecule has 0 aromatic heterocycles. The van der Waals surface area contributed by atoms with Crippen molar-refractivity contribution in [3.05, 3.63) is 0 Å². The van der Waals surface area contributed by atoms with E-state index in [-0.39, 0.29) is 28.8 Å². The maximum Gasteiger partial charge on any atom is 0.225 e. The molecule has 1 heterocycles. The Hall–Kier alpha value is -1.06. The second-order valence-electron chi connectivity index (χ2n) is 6.80. The summed E-state index contributed by atoms with van der Waals surface area (Å²) in [5.74, 6) is -0.124. The Balaban J connectivity index is 2.67. The van der Waals surface area contributed by atoms with Gasteiger partial charge in [-0.05, 0) is 41.0 Å². The molecule has 0 aromatic rings. The van der Waals surface area contributed by atoms with E-state index in [1.165, 1.54) is 0 Å². The number of carbonyl (C=O) groups excluding carboxylic acids is 2. The minimum atomic E-state index is -0.206. The number of nitrogens with one attached hydrogen (secondary N) is 1. The minimum absolute atomic E-state index is 0.00181. The molecule has 0 unspecified atom stereocenters. The Morgan fingerprint density at radius 2 is 1.89 bits per heavy atom. The molecule has 1 aliphatic heterocycles. The van der Waals surface area contributed by atoms with Crippen LogP contribution >= 0.6 is 0 Å². The largest absolute Gasteiger partial charge is 0.351 e. The SMILES string of the molecule is CCC(C)(C)NC(=O)[C@H]1CC(=O)N(C(C)(C)C)C1. The Morgan fingerprint density at radius 1 is 1.33 bits per heavy atom. The van der Waals surface area contributed by atoms with E-state index in [0.29, 0.717) is 13.0 Å². The van der Waals surface area contributed by atoms with Gasteiger partial charge < -0.3 is 10.2 Å². The van der Waals surface area contributed by atoms with E-state index in [1.54, 1.807) is 4.90 Å². The molecular weight excluding hydrogens is 228 g/mol. The lowest BCUT2D eigenvalue weighted by Crippen LogP contribution is -2.47. The fourth-order valence-corrected chi connectivity index (χ4v) is 2.06. The first-order valence-corrected chi connectivity index (χ1v) is 6.69. The standard InChI is InChI=1S/C14H26N2O2/c1-7-14(5,6)15-12(18)10-8-11(17)16(9-10)13(2,3)4/h10H,7-9H2,1-6H3,(H,15,18)/t10-/m0/s1. The van der Waals surface area contributed by atoms with Gasteiger partial charge in [-0.2, -0.15) is 0 Å². The van der Waals surface area contributed by atoms with Gasteiger partial charge in [0.15, 0.2) is 0 Å². The maximum atomic E-state index is 12.1. The van der Waals surface area contributed by atoms with E-state index in [4.69, 9.17) is 0 Å². The summed E-state index contributed by atoms with van der Waals surface area (Å²) >= 11 is 0. The average molecular weight is 254 g/mol.